The minimum Gasteiger partial charge on any atom is -0.504 e. The summed E-state index contributed by atoms with van der Waals surface area (Å²) in [6.45, 7) is 7.10. The number of unbranched alkanes of at least 4 members (excludes halogenated alkanes) is 1. The van der Waals surface area contributed by atoms with Gasteiger partial charge < -0.3 is 5.11 Å². The highest BCUT2D eigenvalue weighted by atomic mass is 16.3. The lowest BCUT2D eigenvalue weighted by Gasteiger charge is -2.08. The Morgan fingerprint density at radius 2 is 2.05 bits per heavy atom. The van der Waals surface area contributed by atoms with Crippen LogP contribution in [0, 0.1) is 6.92 Å². The number of hydrogen-bond acceptors (Lipinski definition) is 2. The van der Waals surface area contributed by atoms with Crippen LogP contribution >= 0.6 is 0 Å². The Balaban J connectivity index is 2.50. The van der Waals surface area contributed by atoms with E-state index in [1.165, 1.54) is 5.56 Å². The van der Waals surface area contributed by atoms with E-state index in [0.29, 0.717) is 5.75 Å². The summed E-state index contributed by atoms with van der Waals surface area (Å²) in [6, 6.07) is 8.21. The summed E-state index contributed by atoms with van der Waals surface area (Å²) in [4.78, 5) is 0. The van der Waals surface area contributed by atoms with Gasteiger partial charge in [-0.2, -0.15) is 5.10 Å². The van der Waals surface area contributed by atoms with Crippen LogP contribution in [-0.4, -0.2) is 14.9 Å². The van der Waals surface area contributed by atoms with Gasteiger partial charge in [0.05, 0.1) is 0 Å². The molecule has 0 aliphatic rings. The van der Waals surface area contributed by atoms with Crippen LogP contribution in [0.4, 0.5) is 0 Å². The molecule has 102 valence electrons. The van der Waals surface area contributed by atoms with E-state index in [4.69, 9.17) is 0 Å². The van der Waals surface area contributed by atoms with Crippen LogP contribution in [0.1, 0.15) is 37.9 Å². The SMILES string of the molecule is CCCCn1nc(CC)c(O)c1-c1cccc(C)c1. The molecule has 3 nitrogen and oxygen atoms in total. The van der Waals surface area contributed by atoms with Crippen molar-refractivity contribution in [3.8, 4) is 17.0 Å². The fourth-order valence-electron chi connectivity index (χ4n) is 2.29. The van der Waals surface area contributed by atoms with Gasteiger partial charge in [0.1, 0.15) is 11.4 Å². The summed E-state index contributed by atoms with van der Waals surface area (Å²) in [7, 11) is 0. The van der Waals surface area contributed by atoms with Crippen molar-refractivity contribution in [2.75, 3.05) is 0 Å². The number of aromatic hydroxyl groups is 1. The van der Waals surface area contributed by atoms with E-state index in [1.54, 1.807) is 0 Å². The third kappa shape index (κ3) is 2.80. The monoisotopic (exact) mass is 258 g/mol. The highest BCUT2D eigenvalue weighted by Gasteiger charge is 2.17. The zero-order valence-electron chi connectivity index (χ0n) is 12.0. The molecule has 0 fully saturated rings. The van der Waals surface area contributed by atoms with Gasteiger partial charge in [0.2, 0.25) is 0 Å². The Labute approximate surface area is 114 Å². The second-order valence-corrected chi connectivity index (χ2v) is 4.94. The largest absolute Gasteiger partial charge is 0.504 e. The molecule has 0 bridgehead atoms. The van der Waals surface area contributed by atoms with Crippen molar-refractivity contribution in [2.24, 2.45) is 0 Å². The second kappa shape index (κ2) is 5.91. The van der Waals surface area contributed by atoms with E-state index in [9.17, 15) is 5.11 Å². The maximum absolute atomic E-state index is 10.4. The van der Waals surface area contributed by atoms with Gasteiger partial charge in [-0.25, -0.2) is 0 Å². The third-order valence-electron chi connectivity index (χ3n) is 3.35. The molecule has 3 heteroatoms. The topological polar surface area (TPSA) is 38.0 Å². The Hall–Kier alpha value is -1.77. The van der Waals surface area contributed by atoms with Gasteiger partial charge in [-0.05, 0) is 25.8 Å². The van der Waals surface area contributed by atoms with Crippen LogP contribution in [0.25, 0.3) is 11.3 Å². The van der Waals surface area contributed by atoms with Gasteiger partial charge >= 0.3 is 0 Å². The van der Waals surface area contributed by atoms with Crippen molar-refractivity contribution < 1.29 is 5.11 Å². The number of hydrogen-bond donors (Lipinski definition) is 1. The van der Waals surface area contributed by atoms with Crippen molar-refractivity contribution in [1.82, 2.24) is 9.78 Å². The Bertz CT molecular complexity index is 558. The van der Waals surface area contributed by atoms with Crippen LogP contribution in [0.15, 0.2) is 24.3 Å². The summed E-state index contributed by atoms with van der Waals surface area (Å²) in [6.07, 6.45) is 2.95. The van der Waals surface area contributed by atoms with Gasteiger partial charge in [0, 0.05) is 12.1 Å². The van der Waals surface area contributed by atoms with Gasteiger partial charge in [-0.1, -0.05) is 44.0 Å². The highest BCUT2D eigenvalue weighted by molar-refractivity contribution is 5.68. The van der Waals surface area contributed by atoms with Crippen molar-refractivity contribution >= 4 is 0 Å². The number of nitrogens with zero attached hydrogens (tertiary/aromatic N) is 2. The predicted octanol–water partition coefficient (Wildman–Crippen LogP) is 3.93. The average Bonchev–Trinajstić information content (AvgIpc) is 2.72. The molecule has 0 aliphatic carbocycles. The fraction of sp³-hybridized carbons (Fsp3) is 0.438. The Morgan fingerprint density at radius 3 is 2.68 bits per heavy atom. The Morgan fingerprint density at radius 1 is 1.26 bits per heavy atom. The highest BCUT2D eigenvalue weighted by Crippen LogP contribution is 2.33. The molecule has 0 atom stereocenters. The van der Waals surface area contributed by atoms with Crippen LogP contribution in [0.2, 0.25) is 0 Å². The first kappa shape index (κ1) is 13.7. The van der Waals surface area contributed by atoms with E-state index < -0.39 is 0 Å². The molecule has 2 rings (SSSR count). The molecule has 1 aromatic heterocycles. The molecule has 1 heterocycles. The molecule has 2 aromatic rings. The van der Waals surface area contributed by atoms with E-state index in [1.807, 2.05) is 23.7 Å². The number of rotatable bonds is 5. The van der Waals surface area contributed by atoms with Crippen molar-refractivity contribution in [3.63, 3.8) is 0 Å². The van der Waals surface area contributed by atoms with E-state index >= 15 is 0 Å². The molecule has 19 heavy (non-hydrogen) atoms. The van der Waals surface area contributed by atoms with E-state index in [2.05, 4.69) is 31.1 Å². The summed E-state index contributed by atoms with van der Waals surface area (Å²) in [5.74, 6) is 0.337. The zero-order valence-corrected chi connectivity index (χ0v) is 12.0. The van der Waals surface area contributed by atoms with Crippen molar-refractivity contribution in [1.29, 1.82) is 0 Å². The summed E-state index contributed by atoms with van der Waals surface area (Å²) in [5, 5.41) is 14.9. The zero-order chi connectivity index (χ0) is 13.8. The van der Waals surface area contributed by atoms with Crippen LogP contribution in [0.3, 0.4) is 0 Å². The molecular formula is C16H22N2O. The van der Waals surface area contributed by atoms with E-state index in [-0.39, 0.29) is 0 Å². The first-order valence-electron chi connectivity index (χ1n) is 7.03. The first-order valence-corrected chi connectivity index (χ1v) is 7.03. The second-order valence-electron chi connectivity index (χ2n) is 4.94. The van der Waals surface area contributed by atoms with Crippen molar-refractivity contribution in [3.05, 3.63) is 35.5 Å². The van der Waals surface area contributed by atoms with E-state index in [0.717, 1.165) is 42.8 Å². The minimum absolute atomic E-state index is 0.337. The molecule has 1 aromatic carbocycles. The Kier molecular flexibility index (Phi) is 4.25. The molecule has 0 saturated carbocycles. The lowest BCUT2D eigenvalue weighted by Crippen LogP contribution is -2.02. The third-order valence-corrected chi connectivity index (χ3v) is 3.35. The molecule has 1 N–H and O–H groups in total. The number of aromatic nitrogens is 2. The van der Waals surface area contributed by atoms with Gasteiger partial charge in [-0.3, -0.25) is 4.68 Å². The van der Waals surface area contributed by atoms with Gasteiger partial charge in [-0.15, -0.1) is 0 Å². The van der Waals surface area contributed by atoms with Crippen LogP contribution in [0.5, 0.6) is 5.75 Å². The molecule has 0 spiro atoms. The summed E-state index contributed by atoms with van der Waals surface area (Å²) < 4.78 is 1.95. The maximum atomic E-state index is 10.4. The predicted molar refractivity (Wildman–Crippen MR) is 78.4 cm³/mol. The van der Waals surface area contributed by atoms with Gasteiger partial charge in [0.15, 0.2) is 5.75 Å². The minimum atomic E-state index is 0.337. The molecule has 0 radical (unpaired) electrons. The fourth-order valence-corrected chi connectivity index (χ4v) is 2.29. The molecular weight excluding hydrogens is 236 g/mol. The van der Waals surface area contributed by atoms with Crippen molar-refractivity contribution in [2.45, 2.75) is 46.6 Å². The molecule has 0 unspecified atom stereocenters. The molecule has 0 saturated heterocycles. The first-order chi connectivity index (χ1) is 9.17. The maximum Gasteiger partial charge on any atom is 0.164 e. The normalized spacial score (nSPS) is 10.9. The summed E-state index contributed by atoms with van der Waals surface area (Å²) >= 11 is 0. The number of aryl methyl sites for hydroxylation is 3. The lowest BCUT2D eigenvalue weighted by molar-refractivity contribution is 0.470. The summed E-state index contributed by atoms with van der Waals surface area (Å²) in [5.41, 5.74) is 3.88. The van der Waals surface area contributed by atoms with Crippen LogP contribution in [-0.2, 0) is 13.0 Å². The number of benzene rings is 1. The van der Waals surface area contributed by atoms with Gasteiger partial charge in [0.25, 0.3) is 0 Å². The molecule has 0 amide bonds. The smallest absolute Gasteiger partial charge is 0.164 e. The quantitative estimate of drug-likeness (QED) is 0.882. The lowest BCUT2D eigenvalue weighted by atomic mass is 10.1. The average molecular weight is 258 g/mol. The standard InChI is InChI=1S/C16H22N2O/c1-4-6-10-18-15(16(19)14(5-2)17-18)13-9-7-8-12(3)11-13/h7-9,11,19H,4-6,10H2,1-3H3. The van der Waals surface area contributed by atoms with Crippen LogP contribution < -0.4 is 0 Å². The molecule has 0 aliphatic heterocycles.